The van der Waals surface area contributed by atoms with Gasteiger partial charge in [0.15, 0.2) is 0 Å². The van der Waals surface area contributed by atoms with Gasteiger partial charge in [-0.1, -0.05) is 60.7 Å². The van der Waals surface area contributed by atoms with Crippen LogP contribution >= 0.6 is 0 Å². The van der Waals surface area contributed by atoms with Crippen LogP contribution in [0.4, 0.5) is 0 Å². The lowest BCUT2D eigenvalue weighted by atomic mass is 9.86. The van der Waals surface area contributed by atoms with Crippen molar-refractivity contribution in [2.45, 2.75) is 44.1 Å². The van der Waals surface area contributed by atoms with Gasteiger partial charge >= 0.3 is 0 Å². The molecule has 0 aliphatic carbocycles. The van der Waals surface area contributed by atoms with E-state index in [0.717, 1.165) is 11.1 Å². The minimum absolute atomic E-state index is 0.0896. The molecule has 1 aliphatic rings. The highest BCUT2D eigenvalue weighted by Gasteiger charge is 2.38. The molecule has 0 spiro atoms. The Morgan fingerprint density at radius 1 is 0.931 bits per heavy atom. The lowest BCUT2D eigenvalue weighted by Crippen LogP contribution is -2.59. The quantitative estimate of drug-likeness (QED) is 0.791. The molecule has 3 rings (SSSR count). The zero-order chi connectivity index (χ0) is 20.9. The van der Waals surface area contributed by atoms with Gasteiger partial charge in [0.1, 0.15) is 0 Å². The summed E-state index contributed by atoms with van der Waals surface area (Å²) in [4.78, 5) is 27.5. The molecule has 2 aromatic carbocycles. The van der Waals surface area contributed by atoms with Crippen LogP contribution in [0.25, 0.3) is 0 Å². The van der Waals surface area contributed by atoms with Gasteiger partial charge in [0.25, 0.3) is 0 Å². The number of rotatable bonds is 6. The van der Waals surface area contributed by atoms with Gasteiger partial charge < -0.3 is 15.3 Å². The molecule has 0 saturated carbocycles. The van der Waals surface area contributed by atoms with Crippen LogP contribution in [0.1, 0.15) is 49.7 Å². The third kappa shape index (κ3) is 4.85. The summed E-state index contributed by atoms with van der Waals surface area (Å²) in [6.45, 7) is 4.72. The number of piperidine rings is 1. The van der Waals surface area contributed by atoms with Crippen molar-refractivity contribution in [3.8, 4) is 0 Å². The van der Waals surface area contributed by atoms with Crippen molar-refractivity contribution in [1.82, 2.24) is 10.2 Å². The molecule has 0 unspecified atom stereocenters. The molecule has 1 heterocycles. The standard InChI is InChI=1S/C24H30N2O3/c1-18(20-9-5-3-6-10-20)22(28)25-24(17-27)13-15-26(16-14-24)23(29)19(2)21-11-7-4-8-12-21/h3-12,18-19,27H,13-17H2,1-2H3,(H,25,28)/t18-,19-/m0/s1. The second-order valence-electron chi connectivity index (χ2n) is 8.02. The van der Waals surface area contributed by atoms with E-state index in [1.54, 1.807) is 0 Å². The van der Waals surface area contributed by atoms with E-state index >= 15 is 0 Å². The highest BCUT2D eigenvalue weighted by atomic mass is 16.3. The molecule has 2 N–H and O–H groups in total. The molecule has 1 saturated heterocycles. The van der Waals surface area contributed by atoms with E-state index in [9.17, 15) is 14.7 Å². The number of benzene rings is 2. The molecular formula is C24H30N2O3. The van der Waals surface area contributed by atoms with Crippen molar-refractivity contribution in [2.75, 3.05) is 19.7 Å². The summed E-state index contributed by atoms with van der Waals surface area (Å²) in [7, 11) is 0. The second-order valence-corrected chi connectivity index (χ2v) is 8.02. The van der Waals surface area contributed by atoms with Crippen LogP contribution in [-0.4, -0.2) is 47.1 Å². The summed E-state index contributed by atoms with van der Waals surface area (Å²) in [5.41, 5.74) is 1.27. The Kier molecular flexibility index (Phi) is 6.70. The van der Waals surface area contributed by atoms with Gasteiger partial charge in [-0.25, -0.2) is 0 Å². The van der Waals surface area contributed by atoms with Crippen molar-refractivity contribution in [3.05, 3.63) is 71.8 Å². The van der Waals surface area contributed by atoms with Gasteiger partial charge in [-0.3, -0.25) is 9.59 Å². The van der Waals surface area contributed by atoms with Gasteiger partial charge in [-0.15, -0.1) is 0 Å². The highest BCUT2D eigenvalue weighted by Crippen LogP contribution is 2.27. The lowest BCUT2D eigenvalue weighted by Gasteiger charge is -2.42. The number of likely N-dealkylation sites (tertiary alicyclic amines) is 1. The number of amides is 2. The lowest BCUT2D eigenvalue weighted by molar-refractivity contribution is -0.135. The van der Waals surface area contributed by atoms with E-state index in [4.69, 9.17) is 0 Å². The van der Waals surface area contributed by atoms with E-state index in [1.165, 1.54) is 0 Å². The van der Waals surface area contributed by atoms with Crippen LogP contribution in [0, 0.1) is 0 Å². The maximum absolute atomic E-state index is 12.9. The molecule has 2 amide bonds. The van der Waals surface area contributed by atoms with Gasteiger partial charge in [0.05, 0.1) is 24.0 Å². The Morgan fingerprint density at radius 3 is 1.90 bits per heavy atom. The number of hydrogen-bond donors (Lipinski definition) is 2. The van der Waals surface area contributed by atoms with Crippen molar-refractivity contribution in [2.24, 2.45) is 0 Å². The van der Waals surface area contributed by atoms with E-state index in [1.807, 2.05) is 79.4 Å². The summed E-state index contributed by atoms with van der Waals surface area (Å²) in [6, 6.07) is 19.4. The molecule has 1 aliphatic heterocycles. The molecule has 154 valence electrons. The zero-order valence-electron chi connectivity index (χ0n) is 17.2. The van der Waals surface area contributed by atoms with Crippen molar-refractivity contribution in [3.63, 3.8) is 0 Å². The first-order valence-electron chi connectivity index (χ1n) is 10.3. The summed E-state index contributed by atoms with van der Waals surface area (Å²) < 4.78 is 0. The Bertz CT molecular complexity index is 815. The molecule has 0 bridgehead atoms. The first kappa shape index (κ1) is 21.1. The molecule has 0 radical (unpaired) electrons. The van der Waals surface area contributed by atoms with Crippen molar-refractivity contribution in [1.29, 1.82) is 0 Å². The first-order valence-corrected chi connectivity index (χ1v) is 10.3. The van der Waals surface area contributed by atoms with Gasteiger partial charge in [0.2, 0.25) is 11.8 Å². The number of nitrogens with zero attached hydrogens (tertiary/aromatic N) is 1. The maximum atomic E-state index is 12.9. The average molecular weight is 395 g/mol. The Hall–Kier alpha value is -2.66. The van der Waals surface area contributed by atoms with E-state index in [0.29, 0.717) is 25.9 Å². The number of carbonyl (C=O) groups excluding carboxylic acids is 2. The fraction of sp³-hybridized carbons (Fsp3) is 0.417. The third-order valence-corrected chi connectivity index (χ3v) is 6.09. The van der Waals surface area contributed by atoms with Crippen LogP contribution in [0.5, 0.6) is 0 Å². The van der Waals surface area contributed by atoms with Crippen molar-refractivity contribution < 1.29 is 14.7 Å². The van der Waals surface area contributed by atoms with Gasteiger partial charge in [-0.05, 0) is 37.8 Å². The Morgan fingerprint density at radius 2 is 1.41 bits per heavy atom. The number of carbonyl (C=O) groups is 2. The normalized spacial score (nSPS) is 18.0. The van der Waals surface area contributed by atoms with Crippen LogP contribution in [0.2, 0.25) is 0 Å². The van der Waals surface area contributed by atoms with E-state index in [-0.39, 0.29) is 30.3 Å². The molecule has 2 aromatic rings. The number of aliphatic hydroxyl groups excluding tert-OH is 1. The fourth-order valence-corrected chi connectivity index (χ4v) is 3.90. The highest BCUT2D eigenvalue weighted by molar-refractivity contribution is 5.85. The Balaban J connectivity index is 1.61. The number of aliphatic hydroxyl groups is 1. The van der Waals surface area contributed by atoms with Gasteiger partial charge in [-0.2, -0.15) is 0 Å². The van der Waals surface area contributed by atoms with E-state index < -0.39 is 5.54 Å². The second kappa shape index (κ2) is 9.23. The monoisotopic (exact) mass is 394 g/mol. The molecular weight excluding hydrogens is 364 g/mol. The molecule has 1 fully saturated rings. The van der Waals surface area contributed by atoms with Gasteiger partial charge in [0, 0.05) is 13.1 Å². The maximum Gasteiger partial charge on any atom is 0.229 e. The smallest absolute Gasteiger partial charge is 0.229 e. The molecule has 29 heavy (non-hydrogen) atoms. The molecule has 5 heteroatoms. The minimum Gasteiger partial charge on any atom is -0.394 e. The average Bonchev–Trinajstić information content (AvgIpc) is 2.79. The van der Waals surface area contributed by atoms with Crippen LogP contribution in [0.3, 0.4) is 0 Å². The zero-order valence-corrected chi connectivity index (χ0v) is 17.2. The summed E-state index contributed by atoms with van der Waals surface area (Å²) >= 11 is 0. The fourth-order valence-electron chi connectivity index (χ4n) is 3.90. The van der Waals surface area contributed by atoms with Crippen molar-refractivity contribution >= 4 is 11.8 Å². The van der Waals surface area contributed by atoms with Crippen LogP contribution < -0.4 is 5.32 Å². The molecule has 2 atom stereocenters. The minimum atomic E-state index is -0.674. The predicted molar refractivity (Wildman–Crippen MR) is 113 cm³/mol. The summed E-state index contributed by atoms with van der Waals surface area (Å²) in [6.07, 6.45) is 1.09. The largest absolute Gasteiger partial charge is 0.394 e. The third-order valence-electron chi connectivity index (χ3n) is 6.09. The van der Waals surface area contributed by atoms with Crippen LogP contribution in [0.15, 0.2) is 60.7 Å². The Labute approximate surface area is 172 Å². The molecule has 5 nitrogen and oxygen atoms in total. The summed E-state index contributed by atoms with van der Waals surface area (Å²) in [5, 5.41) is 13.1. The van der Waals surface area contributed by atoms with Crippen LogP contribution in [-0.2, 0) is 9.59 Å². The first-order chi connectivity index (χ1) is 14.0. The topological polar surface area (TPSA) is 69.6 Å². The molecule has 0 aromatic heterocycles. The number of nitrogens with one attached hydrogen (secondary N) is 1. The SMILES string of the molecule is C[C@H](C(=O)NC1(CO)CCN(C(=O)[C@@H](C)c2ccccc2)CC1)c1ccccc1. The number of hydrogen-bond acceptors (Lipinski definition) is 3. The van der Waals surface area contributed by atoms with E-state index in [2.05, 4.69) is 5.32 Å². The summed E-state index contributed by atoms with van der Waals surface area (Å²) in [5.74, 6) is -0.502. The predicted octanol–water partition coefficient (Wildman–Crippen LogP) is 3.06.